The van der Waals surface area contributed by atoms with Crippen molar-refractivity contribution >= 4 is 11.9 Å². The summed E-state index contributed by atoms with van der Waals surface area (Å²) in [5.41, 5.74) is 0.571. The van der Waals surface area contributed by atoms with Gasteiger partial charge in [0.15, 0.2) is 0 Å². The summed E-state index contributed by atoms with van der Waals surface area (Å²) in [6.07, 6.45) is 7.19. The summed E-state index contributed by atoms with van der Waals surface area (Å²) in [6, 6.07) is 1.81. The van der Waals surface area contributed by atoms with E-state index in [1.54, 1.807) is 12.4 Å². The summed E-state index contributed by atoms with van der Waals surface area (Å²) >= 11 is 0. The summed E-state index contributed by atoms with van der Waals surface area (Å²) in [6.45, 7) is 5.72. The van der Waals surface area contributed by atoms with Crippen molar-refractivity contribution in [3.05, 3.63) is 36.2 Å². The van der Waals surface area contributed by atoms with E-state index in [1.165, 1.54) is 0 Å². The number of rotatable bonds is 2. The first-order valence-electron chi connectivity index (χ1n) is 8.89. The van der Waals surface area contributed by atoms with Gasteiger partial charge in [0, 0.05) is 70.8 Å². The fourth-order valence-electron chi connectivity index (χ4n) is 3.41. The van der Waals surface area contributed by atoms with Crippen LogP contribution in [0.3, 0.4) is 0 Å². The maximum atomic E-state index is 12.9. The molecule has 0 spiro atoms. The van der Waals surface area contributed by atoms with Crippen LogP contribution in [-0.2, 0) is 13.0 Å². The Morgan fingerprint density at radius 2 is 1.92 bits per heavy atom. The van der Waals surface area contributed by atoms with Gasteiger partial charge in [-0.3, -0.25) is 4.79 Å². The number of anilines is 1. The van der Waals surface area contributed by atoms with E-state index < -0.39 is 0 Å². The van der Waals surface area contributed by atoms with Crippen LogP contribution in [0.1, 0.15) is 22.7 Å². The van der Waals surface area contributed by atoms with E-state index in [0.29, 0.717) is 12.2 Å². The Hall–Kier alpha value is -2.48. The summed E-state index contributed by atoms with van der Waals surface area (Å²) in [5, 5.41) is 3.35. The molecule has 2 aliphatic heterocycles. The van der Waals surface area contributed by atoms with Crippen LogP contribution in [0.5, 0.6) is 0 Å². The molecule has 1 fully saturated rings. The van der Waals surface area contributed by atoms with Crippen molar-refractivity contribution in [1.29, 1.82) is 0 Å². The van der Waals surface area contributed by atoms with Gasteiger partial charge in [-0.1, -0.05) is 0 Å². The second-order valence-corrected chi connectivity index (χ2v) is 6.42. The highest BCUT2D eigenvalue weighted by Crippen LogP contribution is 2.14. The molecule has 0 aliphatic carbocycles. The van der Waals surface area contributed by atoms with E-state index in [0.717, 1.165) is 63.9 Å². The molecule has 0 bridgehead atoms. The molecule has 4 heterocycles. The largest absolute Gasteiger partial charge is 0.339 e. The first kappa shape index (κ1) is 16.0. The van der Waals surface area contributed by atoms with Gasteiger partial charge in [0.1, 0.15) is 11.5 Å². The van der Waals surface area contributed by atoms with Crippen LogP contribution < -0.4 is 10.2 Å². The number of imidazole rings is 1. The molecule has 8 nitrogen and oxygen atoms in total. The van der Waals surface area contributed by atoms with Gasteiger partial charge in [-0.15, -0.1) is 0 Å². The molecule has 0 unspecified atom stereocenters. The smallest absolute Gasteiger partial charge is 0.274 e. The second kappa shape index (κ2) is 7.18. The Labute approximate surface area is 146 Å². The summed E-state index contributed by atoms with van der Waals surface area (Å²) in [5.74, 6) is 1.77. The van der Waals surface area contributed by atoms with E-state index in [9.17, 15) is 4.79 Å². The van der Waals surface area contributed by atoms with Crippen molar-refractivity contribution < 1.29 is 4.79 Å². The van der Waals surface area contributed by atoms with Crippen molar-refractivity contribution in [2.45, 2.75) is 19.4 Å². The number of carbonyl (C=O) groups excluding carboxylic acids is 1. The zero-order valence-corrected chi connectivity index (χ0v) is 14.3. The molecule has 1 amide bonds. The Morgan fingerprint density at radius 1 is 1.04 bits per heavy atom. The van der Waals surface area contributed by atoms with Crippen LogP contribution in [0.25, 0.3) is 0 Å². The van der Waals surface area contributed by atoms with E-state index in [4.69, 9.17) is 0 Å². The minimum Gasteiger partial charge on any atom is -0.339 e. The van der Waals surface area contributed by atoms with Crippen LogP contribution in [0.15, 0.2) is 24.7 Å². The maximum absolute atomic E-state index is 12.9. The third-order valence-electron chi connectivity index (χ3n) is 4.75. The molecule has 1 N–H and O–H groups in total. The van der Waals surface area contributed by atoms with Gasteiger partial charge in [-0.05, 0) is 12.5 Å². The third kappa shape index (κ3) is 3.48. The maximum Gasteiger partial charge on any atom is 0.274 e. The van der Waals surface area contributed by atoms with Crippen molar-refractivity contribution in [2.24, 2.45) is 0 Å². The highest BCUT2D eigenvalue weighted by molar-refractivity contribution is 5.92. The number of hydrogen-bond donors (Lipinski definition) is 1. The molecule has 25 heavy (non-hydrogen) atoms. The monoisotopic (exact) mass is 341 g/mol. The normalized spacial score (nSPS) is 18.4. The molecule has 0 saturated carbocycles. The summed E-state index contributed by atoms with van der Waals surface area (Å²) in [7, 11) is 0. The minimum absolute atomic E-state index is 0.0318. The number of carbonyl (C=O) groups is 1. The zero-order valence-electron chi connectivity index (χ0n) is 14.3. The average Bonchev–Trinajstić information content (AvgIpc) is 2.82. The molecular weight excluding hydrogens is 318 g/mol. The fraction of sp³-hybridized carbons (Fsp3) is 0.529. The van der Waals surface area contributed by atoms with Crippen LogP contribution in [0.2, 0.25) is 0 Å². The average molecular weight is 341 g/mol. The number of amides is 1. The molecule has 1 saturated heterocycles. The third-order valence-corrected chi connectivity index (χ3v) is 4.75. The van der Waals surface area contributed by atoms with Crippen LogP contribution >= 0.6 is 0 Å². The van der Waals surface area contributed by atoms with Gasteiger partial charge < -0.3 is 19.7 Å². The molecule has 2 aromatic heterocycles. The molecule has 0 aromatic carbocycles. The summed E-state index contributed by atoms with van der Waals surface area (Å²) in [4.78, 5) is 30.1. The van der Waals surface area contributed by atoms with E-state index >= 15 is 0 Å². The number of fused-ring (bicyclic) bond motifs is 1. The second-order valence-electron chi connectivity index (χ2n) is 6.42. The zero-order chi connectivity index (χ0) is 17.1. The quantitative estimate of drug-likeness (QED) is 0.839. The van der Waals surface area contributed by atoms with Crippen molar-refractivity contribution in [1.82, 2.24) is 29.7 Å². The number of aromatic nitrogens is 4. The lowest BCUT2D eigenvalue weighted by Crippen LogP contribution is -2.35. The van der Waals surface area contributed by atoms with Gasteiger partial charge >= 0.3 is 0 Å². The molecular formula is C17H23N7O. The van der Waals surface area contributed by atoms with Crippen molar-refractivity contribution in [3.8, 4) is 0 Å². The molecule has 0 radical (unpaired) electrons. The number of nitrogens with one attached hydrogen (secondary N) is 1. The van der Waals surface area contributed by atoms with Crippen molar-refractivity contribution in [2.75, 3.05) is 44.2 Å². The number of hydrogen-bond acceptors (Lipinski definition) is 6. The SMILES string of the molecule is O=C(c1cn2c(n1)CCNCC2)N1CCCN(c2ncccn2)CC1. The predicted octanol–water partition coefficient (Wildman–Crippen LogP) is 0.171. The highest BCUT2D eigenvalue weighted by atomic mass is 16.2. The lowest BCUT2D eigenvalue weighted by atomic mass is 10.3. The highest BCUT2D eigenvalue weighted by Gasteiger charge is 2.24. The van der Waals surface area contributed by atoms with Gasteiger partial charge in [-0.2, -0.15) is 0 Å². The first-order valence-corrected chi connectivity index (χ1v) is 8.89. The first-order chi connectivity index (χ1) is 12.3. The molecule has 132 valence electrons. The predicted molar refractivity (Wildman–Crippen MR) is 93.6 cm³/mol. The Balaban J connectivity index is 1.44. The lowest BCUT2D eigenvalue weighted by Gasteiger charge is -2.21. The summed E-state index contributed by atoms with van der Waals surface area (Å²) < 4.78 is 2.11. The minimum atomic E-state index is 0.0318. The standard InChI is InChI=1S/C17H23N7O/c25-16(14-13-24-10-7-18-6-3-15(24)21-14)22-8-2-9-23(12-11-22)17-19-4-1-5-20-17/h1,4-5,13,18H,2-3,6-12H2. The van der Waals surface area contributed by atoms with Crippen LogP contribution in [0.4, 0.5) is 5.95 Å². The molecule has 8 heteroatoms. The van der Waals surface area contributed by atoms with E-state index in [1.807, 2.05) is 17.2 Å². The van der Waals surface area contributed by atoms with Crippen LogP contribution in [0, 0.1) is 0 Å². The van der Waals surface area contributed by atoms with Crippen molar-refractivity contribution in [3.63, 3.8) is 0 Å². The molecule has 2 aliphatic rings. The Kier molecular flexibility index (Phi) is 4.60. The topological polar surface area (TPSA) is 79.2 Å². The molecule has 0 atom stereocenters. The van der Waals surface area contributed by atoms with E-state index in [-0.39, 0.29) is 5.91 Å². The van der Waals surface area contributed by atoms with Gasteiger partial charge in [0.05, 0.1) is 0 Å². The van der Waals surface area contributed by atoms with Gasteiger partial charge in [0.2, 0.25) is 5.95 Å². The number of nitrogens with zero attached hydrogens (tertiary/aromatic N) is 6. The fourth-order valence-corrected chi connectivity index (χ4v) is 3.41. The lowest BCUT2D eigenvalue weighted by molar-refractivity contribution is 0.0761. The van der Waals surface area contributed by atoms with E-state index in [2.05, 4.69) is 29.7 Å². The molecule has 4 rings (SSSR count). The van der Waals surface area contributed by atoms with Gasteiger partial charge in [-0.25, -0.2) is 15.0 Å². The van der Waals surface area contributed by atoms with Gasteiger partial charge in [0.25, 0.3) is 5.91 Å². The van der Waals surface area contributed by atoms with Crippen LogP contribution in [-0.4, -0.2) is 69.6 Å². The Bertz CT molecular complexity index is 706. The Morgan fingerprint density at radius 3 is 2.80 bits per heavy atom. The molecule has 2 aromatic rings.